The highest BCUT2D eigenvalue weighted by atomic mass is 79.9. The lowest BCUT2D eigenvalue weighted by Gasteiger charge is -2.27. The highest BCUT2D eigenvalue weighted by Gasteiger charge is 2.44. The van der Waals surface area contributed by atoms with Crippen LogP contribution in [0.3, 0.4) is 0 Å². The molecule has 39 heavy (non-hydrogen) atoms. The van der Waals surface area contributed by atoms with Crippen LogP contribution in [-0.2, 0) is 6.42 Å². The zero-order valence-corrected chi connectivity index (χ0v) is 25.6. The summed E-state index contributed by atoms with van der Waals surface area (Å²) in [6.45, 7) is 1.81. The molecular formula is C35H42BrO2P. The molecular weight excluding hydrogens is 563 g/mol. The number of hydrogen-bond donors (Lipinski definition) is 2. The third-order valence-electron chi connectivity index (χ3n) is 7.68. The highest BCUT2D eigenvalue weighted by molar-refractivity contribution is 7.95. The molecule has 0 bridgehead atoms. The molecule has 0 spiro atoms. The van der Waals surface area contributed by atoms with Crippen molar-refractivity contribution in [2.24, 2.45) is 0 Å². The van der Waals surface area contributed by atoms with Gasteiger partial charge < -0.3 is 27.2 Å². The molecule has 4 aromatic rings. The van der Waals surface area contributed by atoms with Gasteiger partial charge >= 0.3 is 0 Å². The Morgan fingerprint density at radius 1 is 0.513 bits per heavy atom. The van der Waals surface area contributed by atoms with Crippen LogP contribution in [0.2, 0.25) is 0 Å². The molecule has 0 aliphatic rings. The molecule has 4 aromatic carbocycles. The van der Waals surface area contributed by atoms with Gasteiger partial charge in [0.15, 0.2) is 0 Å². The smallest absolute Gasteiger partial charge is 0.119 e. The van der Waals surface area contributed by atoms with Crippen LogP contribution in [0.25, 0.3) is 0 Å². The van der Waals surface area contributed by atoms with Gasteiger partial charge in [-0.3, -0.25) is 0 Å². The molecule has 0 fully saturated rings. The Kier molecular flexibility index (Phi) is 12.6. The molecule has 2 N–H and O–H groups in total. The number of aryl methyl sites for hydroxylation is 2. The van der Waals surface area contributed by atoms with Crippen molar-refractivity contribution in [3.63, 3.8) is 0 Å². The van der Waals surface area contributed by atoms with E-state index in [1.807, 2.05) is 6.92 Å². The lowest BCUT2D eigenvalue weighted by Crippen LogP contribution is -3.00. The van der Waals surface area contributed by atoms with Crippen molar-refractivity contribution < 1.29 is 27.2 Å². The van der Waals surface area contributed by atoms with Crippen molar-refractivity contribution in [2.75, 3.05) is 6.16 Å². The van der Waals surface area contributed by atoms with Crippen molar-refractivity contribution >= 4 is 23.2 Å². The minimum atomic E-state index is -1.70. The summed E-state index contributed by atoms with van der Waals surface area (Å²) in [5, 5.41) is 24.4. The molecule has 0 amide bonds. The van der Waals surface area contributed by atoms with Gasteiger partial charge in [0, 0.05) is 0 Å². The van der Waals surface area contributed by atoms with Crippen molar-refractivity contribution in [3.8, 4) is 11.5 Å². The van der Waals surface area contributed by atoms with Crippen LogP contribution in [0.15, 0.2) is 103 Å². The summed E-state index contributed by atoms with van der Waals surface area (Å²) in [7, 11) is -1.70. The lowest BCUT2D eigenvalue weighted by molar-refractivity contribution is -0.00000960. The molecule has 0 saturated heterocycles. The number of phenols is 2. The van der Waals surface area contributed by atoms with Crippen molar-refractivity contribution in [1.82, 2.24) is 0 Å². The Morgan fingerprint density at radius 2 is 0.923 bits per heavy atom. The Bertz CT molecular complexity index is 1150. The molecule has 0 aromatic heterocycles. The standard InChI is InChI=1S/C35H41O2P.BrH/c1-29-27-35(37)30(28-34(29)36)19-11-6-4-2-3-5-7-18-26-38(31-20-12-8-13-21-31,32-22-14-9-15-23-32)33-24-16-10-17-25-33;/h8-10,12-17,20-25,27-28H,2-7,11,18-19,26H2,1H3,(H-,36,37);1H. The van der Waals surface area contributed by atoms with Crippen LogP contribution in [0, 0.1) is 6.92 Å². The SMILES string of the molecule is Cc1cc(O)c(CCCCCCCCCC[P+](c2ccccc2)(c2ccccc2)c2ccccc2)cc1O.[Br-]. The number of benzene rings is 4. The molecule has 0 radical (unpaired) electrons. The second kappa shape index (κ2) is 15.8. The van der Waals surface area contributed by atoms with Gasteiger partial charge in [-0.05, 0) is 92.3 Å². The molecule has 0 heterocycles. The average Bonchev–Trinajstić information content (AvgIpc) is 2.96. The van der Waals surface area contributed by atoms with Gasteiger partial charge in [-0.1, -0.05) is 86.7 Å². The summed E-state index contributed by atoms with van der Waals surface area (Å²) in [6, 6.07) is 36.9. The predicted octanol–water partition coefficient (Wildman–Crippen LogP) is 5.07. The van der Waals surface area contributed by atoms with Crippen LogP contribution >= 0.6 is 7.26 Å². The summed E-state index contributed by atoms with van der Waals surface area (Å²) >= 11 is 0. The largest absolute Gasteiger partial charge is 1.00 e. The average molecular weight is 606 g/mol. The van der Waals surface area contributed by atoms with Crippen LogP contribution in [-0.4, -0.2) is 16.4 Å². The lowest BCUT2D eigenvalue weighted by atomic mass is 10.0. The zero-order valence-electron chi connectivity index (χ0n) is 23.1. The van der Waals surface area contributed by atoms with E-state index in [0.717, 1.165) is 24.0 Å². The van der Waals surface area contributed by atoms with Crippen LogP contribution in [0.4, 0.5) is 0 Å². The molecule has 0 unspecified atom stereocenters. The van der Waals surface area contributed by atoms with Crippen LogP contribution in [0.1, 0.15) is 62.5 Å². The number of rotatable bonds is 14. The molecule has 0 atom stereocenters. The van der Waals surface area contributed by atoms with Gasteiger partial charge in [0.25, 0.3) is 0 Å². The molecule has 0 aliphatic carbocycles. The molecule has 0 saturated carbocycles. The second-order valence-electron chi connectivity index (χ2n) is 10.4. The Labute approximate surface area is 246 Å². The van der Waals surface area contributed by atoms with Gasteiger partial charge in [0.05, 0.1) is 6.16 Å². The number of unbranched alkanes of at least 4 members (excludes halogenated alkanes) is 7. The van der Waals surface area contributed by atoms with E-state index in [2.05, 4.69) is 91.0 Å². The second-order valence-corrected chi connectivity index (χ2v) is 14.0. The third-order valence-corrected chi connectivity index (χ3v) is 12.2. The number of phenolic OH excluding ortho intramolecular Hbond substituents is 2. The normalized spacial score (nSPS) is 11.2. The van der Waals surface area contributed by atoms with Gasteiger partial charge in [-0.25, -0.2) is 0 Å². The fourth-order valence-corrected chi connectivity index (χ4v) is 9.94. The van der Waals surface area contributed by atoms with E-state index in [-0.39, 0.29) is 22.7 Å². The van der Waals surface area contributed by atoms with E-state index in [4.69, 9.17) is 0 Å². The summed E-state index contributed by atoms with van der Waals surface area (Å²) in [5.41, 5.74) is 1.58. The summed E-state index contributed by atoms with van der Waals surface area (Å²) in [5.74, 6) is 0.580. The maximum Gasteiger partial charge on any atom is 0.119 e. The topological polar surface area (TPSA) is 40.5 Å². The third kappa shape index (κ3) is 8.19. The molecule has 4 heteroatoms. The van der Waals surface area contributed by atoms with E-state index in [0.29, 0.717) is 5.75 Å². The maximum absolute atomic E-state index is 10.1. The first kappa shape index (κ1) is 30.9. The molecule has 0 aliphatic heterocycles. The number of hydrogen-bond acceptors (Lipinski definition) is 2. The predicted molar refractivity (Wildman–Crippen MR) is 165 cm³/mol. The van der Waals surface area contributed by atoms with Crippen LogP contribution < -0.4 is 32.9 Å². The first-order valence-corrected chi connectivity index (χ1v) is 16.1. The van der Waals surface area contributed by atoms with Crippen molar-refractivity contribution in [3.05, 3.63) is 114 Å². The minimum Gasteiger partial charge on any atom is -1.00 e. The van der Waals surface area contributed by atoms with Crippen molar-refractivity contribution in [1.29, 1.82) is 0 Å². The maximum atomic E-state index is 10.1. The molecule has 2 nitrogen and oxygen atoms in total. The van der Waals surface area contributed by atoms with E-state index < -0.39 is 7.26 Å². The fourth-order valence-electron chi connectivity index (χ4n) is 5.53. The Hall–Kier alpha value is -2.61. The minimum absolute atomic E-state index is 0. The molecule has 4 rings (SSSR count). The van der Waals surface area contributed by atoms with Gasteiger partial charge in [-0.15, -0.1) is 0 Å². The summed E-state index contributed by atoms with van der Waals surface area (Å²) in [6.07, 6.45) is 11.8. The number of aromatic hydroxyl groups is 2. The number of halogens is 1. The van der Waals surface area contributed by atoms with E-state index in [1.54, 1.807) is 12.1 Å². The van der Waals surface area contributed by atoms with Crippen molar-refractivity contribution in [2.45, 2.75) is 64.7 Å². The summed E-state index contributed by atoms with van der Waals surface area (Å²) < 4.78 is 0. The summed E-state index contributed by atoms with van der Waals surface area (Å²) in [4.78, 5) is 0. The van der Waals surface area contributed by atoms with E-state index >= 15 is 0 Å². The van der Waals surface area contributed by atoms with Crippen LogP contribution in [0.5, 0.6) is 11.5 Å². The van der Waals surface area contributed by atoms with Gasteiger partial charge in [0.2, 0.25) is 0 Å². The zero-order chi connectivity index (χ0) is 26.6. The quantitative estimate of drug-likeness (QED) is 0.120. The Balaban J connectivity index is 0.00000420. The first-order chi connectivity index (χ1) is 18.6. The highest BCUT2D eigenvalue weighted by Crippen LogP contribution is 2.56. The van der Waals surface area contributed by atoms with E-state index in [1.165, 1.54) is 67.0 Å². The fraction of sp³-hybridized carbons (Fsp3) is 0.314. The molecule has 206 valence electrons. The van der Waals surface area contributed by atoms with E-state index in [9.17, 15) is 10.2 Å². The Morgan fingerprint density at radius 3 is 1.38 bits per heavy atom. The monoisotopic (exact) mass is 604 g/mol. The first-order valence-electron chi connectivity index (χ1n) is 14.2. The van der Waals surface area contributed by atoms with Gasteiger partial charge in [0.1, 0.15) is 34.7 Å². The van der Waals surface area contributed by atoms with Gasteiger partial charge in [-0.2, -0.15) is 0 Å².